The molecule has 0 aliphatic heterocycles. The minimum atomic E-state index is -0.166. The highest BCUT2D eigenvalue weighted by molar-refractivity contribution is 7.71. The summed E-state index contributed by atoms with van der Waals surface area (Å²) >= 11 is 4.95. The number of hydrogen-bond acceptors (Lipinski definition) is 4. The highest BCUT2D eigenvalue weighted by atomic mass is 32.1. The molecule has 2 N–H and O–H groups in total. The molecular weight excluding hydrogens is 324 g/mol. The summed E-state index contributed by atoms with van der Waals surface area (Å²) in [5.74, 6) is 0.652. The zero-order valence-electron chi connectivity index (χ0n) is 13.5. The quantitative estimate of drug-likeness (QED) is 0.675. The number of carbonyl (C=O) groups is 1. The summed E-state index contributed by atoms with van der Waals surface area (Å²) < 4.78 is 10.8. The standard InChI is InChI=1S/C18H18N2O3S/c1-3-22-14-7-4-12(5-8-14)11(2)19-17(21)13-6-9-15-16(10-13)23-18(24)20-15/h4-11H,3H2,1-2H3,(H,19,21)(H,20,24). The average molecular weight is 342 g/mol. The van der Waals surface area contributed by atoms with Gasteiger partial charge in [-0.2, -0.15) is 0 Å². The van der Waals surface area contributed by atoms with Gasteiger partial charge in [0.25, 0.3) is 10.7 Å². The van der Waals surface area contributed by atoms with Gasteiger partial charge in [-0.3, -0.25) is 4.79 Å². The molecular formula is C18H18N2O3S. The Hall–Kier alpha value is -2.60. The molecule has 1 atom stereocenters. The molecule has 0 fully saturated rings. The van der Waals surface area contributed by atoms with Crippen molar-refractivity contribution in [2.24, 2.45) is 0 Å². The lowest BCUT2D eigenvalue weighted by molar-refractivity contribution is 0.0940. The first-order chi connectivity index (χ1) is 11.6. The smallest absolute Gasteiger partial charge is 0.266 e. The number of benzene rings is 2. The predicted octanol–water partition coefficient (Wildman–Crippen LogP) is 4.38. The number of carbonyl (C=O) groups excluding carboxylic acids is 1. The third-order valence-corrected chi connectivity index (χ3v) is 3.91. The average Bonchev–Trinajstić information content (AvgIpc) is 2.94. The van der Waals surface area contributed by atoms with E-state index in [9.17, 15) is 4.79 Å². The van der Waals surface area contributed by atoms with Gasteiger partial charge in [0.15, 0.2) is 5.58 Å². The van der Waals surface area contributed by atoms with E-state index in [0.717, 1.165) is 16.8 Å². The van der Waals surface area contributed by atoms with Gasteiger partial charge in [-0.1, -0.05) is 12.1 Å². The van der Waals surface area contributed by atoms with Crippen molar-refractivity contribution in [1.82, 2.24) is 10.3 Å². The number of fused-ring (bicyclic) bond motifs is 1. The number of nitrogens with one attached hydrogen (secondary N) is 2. The van der Waals surface area contributed by atoms with Crippen molar-refractivity contribution >= 4 is 29.2 Å². The first-order valence-corrected chi connectivity index (χ1v) is 8.14. The molecule has 0 radical (unpaired) electrons. The summed E-state index contributed by atoms with van der Waals surface area (Å²) in [4.78, 5) is 15.6. The van der Waals surface area contributed by atoms with Crippen LogP contribution in [0.2, 0.25) is 0 Å². The molecule has 3 rings (SSSR count). The topological polar surface area (TPSA) is 67.3 Å². The molecule has 0 saturated carbocycles. The van der Waals surface area contributed by atoms with Crippen LogP contribution >= 0.6 is 12.2 Å². The van der Waals surface area contributed by atoms with Crippen molar-refractivity contribution in [1.29, 1.82) is 0 Å². The number of oxazole rings is 1. The van der Waals surface area contributed by atoms with Crippen molar-refractivity contribution in [2.75, 3.05) is 6.61 Å². The minimum Gasteiger partial charge on any atom is -0.494 e. The number of hydrogen-bond donors (Lipinski definition) is 2. The Kier molecular flexibility index (Phi) is 4.66. The van der Waals surface area contributed by atoms with Crippen LogP contribution in [-0.4, -0.2) is 17.5 Å². The Morgan fingerprint density at radius 3 is 2.75 bits per heavy atom. The van der Waals surface area contributed by atoms with E-state index in [4.69, 9.17) is 21.4 Å². The van der Waals surface area contributed by atoms with E-state index in [1.165, 1.54) is 0 Å². The van der Waals surface area contributed by atoms with Crippen molar-refractivity contribution < 1.29 is 13.9 Å². The molecule has 6 heteroatoms. The van der Waals surface area contributed by atoms with Gasteiger partial charge >= 0.3 is 0 Å². The summed E-state index contributed by atoms with van der Waals surface area (Å²) in [5.41, 5.74) is 2.88. The SMILES string of the molecule is CCOc1ccc(C(C)NC(=O)c2ccc3[nH]c(=S)oc3c2)cc1. The van der Waals surface area contributed by atoms with Gasteiger partial charge in [-0.05, 0) is 62.0 Å². The van der Waals surface area contributed by atoms with Crippen molar-refractivity contribution in [2.45, 2.75) is 19.9 Å². The van der Waals surface area contributed by atoms with Crippen LogP contribution in [0, 0.1) is 4.84 Å². The van der Waals surface area contributed by atoms with Crippen LogP contribution in [0.15, 0.2) is 46.9 Å². The van der Waals surface area contributed by atoms with Crippen LogP contribution < -0.4 is 10.1 Å². The second kappa shape index (κ2) is 6.88. The lowest BCUT2D eigenvalue weighted by atomic mass is 10.1. The highest BCUT2D eigenvalue weighted by Gasteiger charge is 2.13. The molecule has 0 aliphatic rings. The molecule has 3 aromatic rings. The number of aromatic amines is 1. The molecule has 2 aromatic carbocycles. The molecule has 0 aliphatic carbocycles. The monoisotopic (exact) mass is 342 g/mol. The van der Waals surface area contributed by atoms with Crippen LogP contribution in [0.1, 0.15) is 35.8 Å². The predicted molar refractivity (Wildman–Crippen MR) is 94.9 cm³/mol. The third-order valence-electron chi connectivity index (χ3n) is 3.72. The normalized spacial score (nSPS) is 12.1. The fourth-order valence-electron chi connectivity index (χ4n) is 2.47. The summed E-state index contributed by atoms with van der Waals surface area (Å²) in [7, 11) is 0. The molecule has 0 bridgehead atoms. The minimum absolute atomic E-state index is 0.124. The van der Waals surface area contributed by atoms with E-state index < -0.39 is 0 Å². The Balaban J connectivity index is 1.73. The first-order valence-electron chi connectivity index (χ1n) is 7.73. The van der Waals surface area contributed by atoms with Crippen LogP contribution in [0.4, 0.5) is 0 Å². The van der Waals surface area contributed by atoms with Crippen LogP contribution in [0.5, 0.6) is 5.75 Å². The molecule has 1 heterocycles. The molecule has 1 amide bonds. The van der Waals surface area contributed by atoms with Crippen LogP contribution in [-0.2, 0) is 0 Å². The maximum atomic E-state index is 12.4. The van der Waals surface area contributed by atoms with Crippen molar-refractivity contribution in [3.8, 4) is 5.75 Å². The van der Waals surface area contributed by atoms with Crippen LogP contribution in [0.25, 0.3) is 11.1 Å². The Morgan fingerprint density at radius 1 is 1.29 bits per heavy atom. The second-order valence-corrected chi connectivity index (χ2v) is 5.79. The molecule has 5 nitrogen and oxygen atoms in total. The van der Waals surface area contributed by atoms with E-state index in [2.05, 4.69) is 10.3 Å². The van der Waals surface area contributed by atoms with Gasteiger partial charge in [0.1, 0.15) is 5.75 Å². The first kappa shape index (κ1) is 16.3. The van der Waals surface area contributed by atoms with Gasteiger partial charge in [0.2, 0.25) is 0 Å². The summed E-state index contributed by atoms with van der Waals surface area (Å²) in [6, 6.07) is 12.8. The maximum absolute atomic E-state index is 12.4. The molecule has 24 heavy (non-hydrogen) atoms. The zero-order valence-corrected chi connectivity index (χ0v) is 14.3. The summed E-state index contributed by atoms with van der Waals surface area (Å²) in [6.07, 6.45) is 0. The van der Waals surface area contributed by atoms with E-state index >= 15 is 0 Å². The fourth-order valence-corrected chi connectivity index (χ4v) is 2.67. The Labute approximate surface area is 144 Å². The number of H-pyrrole nitrogens is 1. The molecule has 0 spiro atoms. The lowest BCUT2D eigenvalue weighted by Gasteiger charge is -2.15. The van der Waals surface area contributed by atoms with E-state index in [0.29, 0.717) is 22.6 Å². The maximum Gasteiger partial charge on any atom is 0.266 e. The van der Waals surface area contributed by atoms with Crippen molar-refractivity contribution in [3.63, 3.8) is 0 Å². The Morgan fingerprint density at radius 2 is 2.04 bits per heavy atom. The number of amides is 1. The van der Waals surface area contributed by atoms with Gasteiger partial charge in [-0.15, -0.1) is 0 Å². The third kappa shape index (κ3) is 3.49. The van der Waals surface area contributed by atoms with Gasteiger partial charge in [0, 0.05) is 5.56 Å². The second-order valence-electron chi connectivity index (χ2n) is 5.42. The Bertz CT molecular complexity index is 912. The lowest BCUT2D eigenvalue weighted by Crippen LogP contribution is -2.26. The summed E-state index contributed by atoms with van der Waals surface area (Å²) in [5, 5.41) is 2.98. The molecule has 124 valence electrons. The molecule has 1 unspecified atom stereocenters. The number of aromatic nitrogens is 1. The number of rotatable bonds is 5. The van der Waals surface area contributed by atoms with E-state index in [1.54, 1.807) is 18.2 Å². The zero-order chi connectivity index (χ0) is 17.1. The van der Waals surface area contributed by atoms with Crippen molar-refractivity contribution in [3.05, 3.63) is 58.4 Å². The van der Waals surface area contributed by atoms with Gasteiger partial charge < -0.3 is 19.5 Å². The number of ether oxygens (including phenoxy) is 1. The van der Waals surface area contributed by atoms with Gasteiger partial charge in [0.05, 0.1) is 18.2 Å². The summed E-state index contributed by atoms with van der Waals surface area (Å²) in [6.45, 7) is 4.51. The molecule has 1 aromatic heterocycles. The van der Waals surface area contributed by atoms with E-state index in [1.807, 2.05) is 38.1 Å². The van der Waals surface area contributed by atoms with Crippen LogP contribution in [0.3, 0.4) is 0 Å². The van der Waals surface area contributed by atoms with E-state index in [-0.39, 0.29) is 11.9 Å². The largest absolute Gasteiger partial charge is 0.494 e. The molecule has 0 saturated heterocycles. The van der Waals surface area contributed by atoms with Gasteiger partial charge in [-0.25, -0.2) is 0 Å². The fraction of sp³-hybridized carbons (Fsp3) is 0.222. The highest BCUT2D eigenvalue weighted by Crippen LogP contribution is 2.19.